The Kier molecular flexibility index (Phi) is 5.19. The second-order valence-electron chi connectivity index (χ2n) is 7.84. The molecule has 142 valence electrons. The zero-order valence-corrected chi connectivity index (χ0v) is 17.3. The van der Waals surface area contributed by atoms with Crippen molar-refractivity contribution in [1.29, 1.82) is 0 Å². The minimum Gasteiger partial charge on any atom is -0.343 e. The molecule has 0 bridgehead atoms. The Balaban J connectivity index is 1.69. The summed E-state index contributed by atoms with van der Waals surface area (Å²) in [6.07, 6.45) is 3.26. The standard InChI is InChI=1S/C22H25Cl2N3/c1-14-9-17-12-22(5-7-25-8-6-22)21(27-20(17)10-15(14)2)26-13-16-3-4-18(23)19(24)11-16/h3-4,9-11,25H,5-8,12-13H2,1-2H3,(H,26,27). The first-order valence-corrected chi connectivity index (χ1v) is 10.3. The lowest BCUT2D eigenvalue weighted by molar-refractivity contribution is 0.293. The highest BCUT2D eigenvalue weighted by atomic mass is 35.5. The smallest absolute Gasteiger partial charge is 0.108 e. The molecule has 2 aromatic rings. The SMILES string of the molecule is Cc1cc2c(cc1C)NC(=NCc1ccc(Cl)c(Cl)c1)C1(CCNCC1)C2. The number of hydrogen-bond acceptors (Lipinski definition) is 2. The number of aryl methyl sites for hydroxylation is 2. The Morgan fingerprint density at radius 2 is 1.74 bits per heavy atom. The van der Waals surface area contributed by atoms with Crippen molar-refractivity contribution in [2.45, 2.75) is 39.7 Å². The number of fused-ring (bicyclic) bond motifs is 1. The van der Waals surface area contributed by atoms with Gasteiger partial charge >= 0.3 is 0 Å². The van der Waals surface area contributed by atoms with Gasteiger partial charge in [-0.15, -0.1) is 0 Å². The fraction of sp³-hybridized carbons (Fsp3) is 0.409. The maximum Gasteiger partial charge on any atom is 0.108 e. The molecule has 0 aliphatic carbocycles. The molecule has 2 aromatic carbocycles. The van der Waals surface area contributed by atoms with E-state index in [4.69, 9.17) is 28.2 Å². The molecule has 2 heterocycles. The molecule has 5 heteroatoms. The molecule has 0 aromatic heterocycles. The zero-order valence-electron chi connectivity index (χ0n) is 15.8. The minimum absolute atomic E-state index is 0.0934. The molecule has 1 spiro atoms. The molecule has 0 radical (unpaired) electrons. The Morgan fingerprint density at radius 3 is 2.48 bits per heavy atom. The van der Waals surface area contributed by atoms with Crippen LogP contribution in [0.1, 0.15) is 35.1 Å². The van der Waals surface area contributed by atoms with E-state index < -0.39 is 0 Å². The van der Waals surface area contributed by atoms with E-state index in [1.165, 1.54) is 22.4 Å². The van der Waals surface area contributed by atoms with Crippen LogP contribution in [0.15, 0.2) is 35.3 Å². The molecular formula is C22H25Cl2N3. The monoisotopic (exact) mass is 401 g/mol. The third kappa shape index (κ3) is 3.73. The van der Waals surface area contributed by atoms with Gasteiger partial charge in [0, 0.05) is 11.1 Å². The van der Waals surface area contributed by atoms with Crippen LogP contribution in [0.4, 0.5) is 5.69 Å². The van der Waals surface area contributed by atoms with Gasteiger partial charge in [0.05, 0.1) is 16.6 Å². The van der Waals surface area contributed by atoms with Crippen molar-refractivity contribution < 1.29 is 0 Å². The third-order valence-corrected chi connectivity index (χ3v) is 6.71. The number of amidine groups is 1. The Labute approximate surface area is 171 Å². The van der Waals surface area contributed by atoms with E-state index in [0.29, 0.717) is 16.6 Å². The molecule has 2 aliphatic rings. The first kappa shape index (κ1) is 18.8. The summed E-state index contributed by atoms with van der Waals surface area (Å²) in [5.41, 5.74) is 6.45. The van der Waals surface area contributed by atoms with Crippen LogP contribution in [0.2, 0.25) is 10.0 Å². The molecule has 0 atom stereocenters. The molecule has 2 aliphatic heterocycles. The summed E-state index contributed by atoms with van der Waals surface area (Å²) in [5, 5.41) is 8.34. The maximum absolute atomic E-state index is 6.17. The third-order valence-electron chi connectivity index (χ3n) is 5.97. The van der Waals surface area contributed by atoms with Gasteiger partial charge < -0.3 is 10.6 Å². The first-order valence-electron chi connectivity index (χ1n) is 9.54. The maximum atomic E-state index is 6.17. The van der Waals surface area contributed by atoms with Crippen LogP contribution in [-0.2, 0) is 13.0 Å². The zero-order chi connectivity index (χ0) is 19.0. The number of rotatable bonds is 2. The van der Waals surface area contributed by atoms with Crippen LogP contribution in [0, 0.1) is 19.3 Å². The van der Waals surface area contributed by atoms with Gasteiger partial charge in [-0.3, -0.25) is 4.99 Å². The topological polar surface area (TPSA) is 36.4 Å². The second kappa shape index (κ2) is 7.46. The highest BCUT2D eigenvalue weighted by molar-refractivity contribution is 6.42. The van der Waals surface area contributed by atoms with Crippen molar-refractivity contribution in [3.63, 3.8) is 0 Å². The number of nitrogens with one attached hydrogen (secondary N) is 2. The highest BCUT2D eigenvalue weighted by Crippen LogP contribution is 2.41. The van der Waals surface area contributed by atoms with Crippen LogP contribution in [0.25, 0.3) is 0 Å². The normalized spacial score (nSPS) is 19.8. The van der Waals surface area contributed by atoms with Crippen LogP contribution in [0.3, 0.4) is 0 Å². The van der Waals surface area contributed by atoms with Gasteiger partial charge in [0.2, 0.25) is 0 Å². The van der Waals surface area contributed by atoms with E-state index in [9.17, 15) is 0 Å². The number of anilines is 1. The number of aliphatic imine (C=N–C) groups is 1. The van der Waals surface area contributed by atoms with Gasteiger partial charge in [-0.1, -0.05) is 35.3 Å². The average molecular weight is 402 g/mol. The van der Waals surface area contributed by atoms with Gasteiger partial charge in [0.25, 0.3) is 0 Å². The van der Waals surface area contributed by atoms with Crippen LogP contribution >= 0.6 is 23.2 Å². The molecule has 0 unspecified atom stereocenters. The van der Waals surface area contributed by atoms with E-state index in [1.54, 1.807) is 0 Å². The molecule has 2 N–H and O–H groups in total. The largest absolute Gasteiger partial charge is 0.343 e. The molecule has 0 amide bonds. The van der Waals surface area contributed by atoms with Crippen LogP contribution in [-0.4, -0.2) is 18.9 Å². The molecule has 1 fully saturated rings. The first-order chi connectivity index (χ1) is 13.0. The van der Waals surface area contributed by atoms with Crippen molar-refractivity contribution in [1.82, 2.24) is 5.32 Å². The van der Waals surface area contributed by atoms with Crippen molar-refractivity contribution in [3.8, 4) is 0 Å². The van der Waals surface area contributed by atoms with E-state index in [2.05, 4.69) is 36.6 Å². The van der Waals surface area contributed by atoms with Crippen molar-refractivity contribution in [2.75, 3.05) is 18.4 Å². The highest BCUT2D eigenvalue weighted by Gasteiger charge is 2.41. The number of nitrogens with zero attached hydrogens (tertiary/aromatic N) is 1. The van der Waals surface area contributed by atoms with Gasteiger partial charge in [-0.05, 0) is 86.7 Å². The fourth-order valence-electron chi connectivity index (χ4n) is 4.18. The number of piperidine rings is 1. The quantitative estimate of drug-likeness (QED) is 0.691. The van der Waals surface area contributed by atoms with Crippen molar-refractivity contribution in [2.24, 2.45) is 10.4 Å². The van der Waals surface area contributed by atoms with Crippen LogP contribution in [0.5, 0.6) is 0 Å². The van der Waals surface area contributed by atoms with E-state index in [1.807, 2.05) is 18.2 Å². The molecular weight excluding hydrogens is 377 g/mol. The Morgan fingerprint density at radius 1 is 1.00 bits per heavy atom. The summed E-state index contributed by atoms with van der Waals surface area (Å²) >= 11 is 12.2. The summed E-state index contributed by atoms with van der Waals surface area (Å²) in [7, 11) is 0. The lowest BCUT2D eigenvalue weighted by Crippen LogP contribution is -2.48. The molecule has 27 heavy (non-hydrogen) atoms. The van der Waals surface area contributed by atoms with Crippen LogP contribution < -0.4 is 10.6 Å². The summed E-state index contributed by atoms with van der Waals surface area (Å²) in [6.45, 7) is 7.03. The van der Waals surface area contributed by atoms with E-state index >= 15 is 0 Å². The summed E-state index contributed by atoms with van der Waals surface area (Å²) in [6, 6.07) is 10.4. The van der Waals surface area contributed by atoms with Gasteiger partial charge in [0.15, 0.2) is 0 Å². The molecule has 3 nitrogen and oxygen atoms in total. The molecule has 1 saturated heterocycles. The Hall–Kier alpha value is -1.55. The molecule has 0 saturated carbocycles. The summed E-state index contributed by atoms with van der Waals surface area (Å²) < 4.78 is 0. The lowest BCUT2D eigenvalue weighted by Gasteiger charge is -2.43. The number of benzene rings is 2. The lowest BCUT2D eigenvalue weighted by atomic mass is 9.70. The van der Waals surface area contributed by atoms with E-state index in [-0.39, 0.29) is 5.41 Å². The van der Waals surface area contributed by atoms with Crippen molar-refractivity contribution in [3.05, 3.63) is 62.6 Å². The van der Waals surface area contributed by atoms with E-state index in [0.717, 1.165) is 43.8 Å². The number of hydrogen-bond donors (Lipinski definition) is 2. The average Bonchev–Trinajstić information content (AvgIpc) is 2.65. The van der Waals surface area contributed by atoms with Gasteiger partial charge in [0.1, 0.15) is 5.84 Å². The summed E-state index contributed by atoms with van der Waals surface area (Å²) in [5.74, 6) is 1.12. The Bertz CT molecular complexity index is 899. The summed E-state index contributed by atoms with van der Waals surface area (Å²) in [4.78, 5) is 5.03. The van der Waals surface area contributed by atoms with Crippen molar-refractivity contribution >= 4 is 34.7 Å². The molecule has 4 rings (SSSR count). The predicted octanol–water partition coefficient (Wildman–Crippen LogP) is 5.55. The van der Waals surface area contributed by atoms with Gasteiger partial charge in [-0.25, -0.2) is 0 Å². The van der Waals surface area contributed by atoms with Gasteiger partial charge in [-0.2, -0.15) is 0 Å². The second-order valence-corrected chi connectivity index (χ2v) is 8.65. The predicted molar refractivity (Wildman–Crippen MR) is 115 cm³/mol. The number of halogens is 2. The minimum atomic E-state index is 0.0934. The fourth-order valence-corrected chi connectivity index (χ4v) is 4.50.